The summed E-state index contributed by atoms with van der Waals surface area (Å²) in [6, 6.07) is 16.5. The zero-order valence-electron chi connectivity index (χ0n) is 18.5. The Kier molecular flexibility index (Phi) is 7.33. The molecule has 1 fully saturated rings. The maximum Gasteiger partial charge on any atom is 0.325 e. The molecule has 1 aliphatic heterocycles. The third kappa shape index (κ3) is 4.90. The van der Waals surface area contributed by atoms with Gasteiger partial charge in [0, 0.05) is 0 Å². The van der Waals surface area contributed by atoms with Crippen molar-refractivity contribution >= 4 is 11.9 Å². The lowest BCUT2D eigenvalue weighted by atomic mass is 9.85. The van der Waals surface area contributed by atoms with Crippen molar-refractivity contribution in [3.05, 3.63) is 65.7 Å². The molecule has 166 valence electrons. The number of hydrogen-bond donors (Lipinski definition) is 2. The van der Waals surface area contributed by atoms with E-state index in [0.29, 0.717) is 12.2 Å². The van der Waals surface area contributed by atoms with E-state index in [2.05, 4.69) is 19.2 Å². The monoisotopic (exact) mass is 424 g/mol. The molecule has 1 aliphatic rings. The van der Waals surface area contributed by atoms with Crippen molar-refractivity contribution in [2.24, 2.45) is 0 Å². The first-order valence-electron chi connectivity index (χ1n) is 11.0. The second-order valence-corrected chi connectivity index (χ2v) is 8.38. The van der Waals surface area contributed by atoms with Crippen LogP contribution in [0.1, 0.15) is 57.1 Å². The lowest BCUT2D eigenvalue weighted by Gasteiger charge is -2.27. The van der Waals surface area contributed by atoms with E-state index in [1.54, 1.807) is 0 Å². The van der Waals surface area contributed by atoms with Gasteiger partial charge in [0.2, 0.25) is 0 Å². The Labute approximate surface area is 184 Å². The van der Waals surface area contributed by atoms with Gasteiger partial charge in [-0.2, -0.15) is 0 Å². The molecular formula is C25H32N2O4. The molecule has 0 saturated carbocycles. The summed E-state index contributed by atoms with van der Waals surface area (Å²) in [6.45, 7) is 6.08. The van der Waals surface area contributed by atoms with Crippen LogP contribution >= 0.6 is 0 Å². The minimum absolute atomic E-state index is 0.00586. The highest BCUT2D eigenvalue weighted by atomic mass is 16.5. The molecule has 0 radical (unpaired) electrons. The molecule has 3 amide bonds. The summed E-state index contributed by atoms with van der Waals surface area (Å²) in [7, 11) is 0. The maximum absolute atomic E-state index is 13.4. The maximum atomic E-state index is 13.4. The number of aliphatic hydroxyl groups excluding tert-OH is 1. The van der Waals surface area contributed by atoms with Crippen molar-refractivity contribution in [1.29, 1.82) is 0 Å². The predicted octanol–water partition coefficient (Wildman–Crippen LogP) is 4.19. The minimum atomic E-state index is -1.08. The lowest BCUT2D eigenvalue weighted by molar-refractivity contribution is -0.133. The highest BCUT2D eigenvalue weighted by molar-refractivity contribution is 6.07. The number of carbonyl (C=O) groups excluding carboxylic acids is 2. The van der Waals surface area contributed by atoms with E-state index >= 15 is 0 Å². The standard InChI is InChI=1S/C25H32N2O4/c1-4-5-15-25(19-11-7-6-8-12-19)23(29)27(24(30)26-25)16-20(28)17-31-22-14-10-9-13-21(22)18(2)3/h6-14,18,20,28H,4-5,15-17H2,1-3H3,(H,26,30). The lowest BCUT2D eigenvalue weighted by Crippen LogP contribution is -2.45. The number of benzene rings is 2. The van der Waals surface area contributed by atoms with Gasteiger partial charge in [0.25, 0.3) is 5.91 Å². The van der Waals surface area contributed by atoms with E-state index in [1.165, 1.54) is 0 Å². The average molecular weight is 425 g/mol. The zero-order valence-corrected chi connectivity index (χ0v) is 18.5. The first-order chi connectivity index (χ1) is 14.9. The highest BCUT2D eigenvalue weighted by Gasteiger charge is 2.52. The van der Waals surface area contributed by atoms with Crippen LogP contribution < -0.4 is 10.1 Å². The van der Waals surface area contributed by atoms with Gasteiger partial charge in [-0.25, -0.2) is 4.79 Å². The van der Waals surface area contributed by atoms with Crippen molar-refractivity contribution in [2.45, 2.75) is 57.6 Å². The third-order valence-electron chi connectivity index (χ3n) is 5.71. The van der Waals surface area contributed by atoms with Crippen LogP contribution in [0.15, 0.2) is 54.6 Å². The number of imide groups is 1. The number of amides is 3. The van der Waals surface area contributed by atoms with E-state index in [0.717, 1.165) is 28.9 Å². The molecule has 0 aliphatic carbocycles. The molecule has 0 spiro atoms. The number of β-amino-alcohol motifs (C(OH)–C–C–N with tert-alkyl or cyclic N) is 1. The Morgan fingerprint density at radius 2 is 1.74 bits per heavy atom. The zero-order chi connectivity index (χ0) is 22.4. The normalized spacial score (nSPS) is 19.6. The van der Waals surface area contributed by atoms with Crippen LogP contribution in [-0.2, 0) is 10.3 Å². The summed E-state index contributed by atoms with van der Waals surface area (Å²) in [5, 5.41) is 13.5. The number of para-hydroxylation sites is 1. The first-order valence-corrected chi connectivity index (χ1v) is 11.0. The Morgan fingerprint density at radius 1 is 1.06 bits per heavy atom. The molecule has 6 nitrogen and oxygen atoms in total. The quantitative estimate of drug-likeness (QED) is 0.561. The molecule has 0 bridgehead atoms. The first kappa shape index (κ1) is 22.8. The fourth-order valence-electron chi connectivity index (χ4n) is 4.00. The van der Waals surface area contributed by atoms with Crippen LogP contribution in [0.2, 0.25) is 0 Å². The molecular weight excluding hydrogens is 392 g/mol. The number of urea groups is 1. The fourth-order valence-corrected chi connectivity index (χ4v) is 4.00. The second-order valence-electron chi connectivity index (χ2n) is 8.38. The Bertz CT molecular complexity index is 899. The largest absolute Gasteiger partial charge is 0.491 e. The van der Waals surface area contributed by atoms with Crippen LogP contribution in [0, 0.1) is 0 Å². The van der Waals surface area contributed by atoms with E-state index < -0.39 is 17.7 Å². The smallest absolute Gasteiger partial charge is 0.325 e. The summed E-state index contributed by atoms with van der Waals surface area (Å²) in [5.41, 5.74) is 0.729. The van der Waals surface area contributed by atoms with Crippen LogP contribution in [0.25, 0.3) is 0 Å². The van der Waals surface area contributed by atoms with Crippen molar-refractivity contribution < 1.29 is 19.4 Å². The second kappa shape index (κ2) is 9.96. The number of aliphatic hydroxyl groups is 1. The van der Waals surface area contributed by atoms with Crippen LogP contribution in [-0.4, -0.2) is 41.2 Å². The molecule has 3 rings (SSSR count). The fraction of sp³-hybridized carbons (Fsp3) is 0.440. The van der Waals surface area contributed by atoms with Crippen molar-refractivity contribution in [3.8, 4) is 5.75 Å². The van der Waals surface area contributed by atoms with Gasteiger partial charge in [0.05, 0.1) is 6.54 Å². The SMILES string of the molecule is CCCCC1(c2ccccc2)NC(=O)N(CC(O)COc2ccccc2C(C)C)C1=O. The Hall–Kier alpha value is -2.86. The molecule has 2 aromatic rings. The molecule has 6 heteroatoms. The van der Waals surface area contributed by atoms with Gasteiger partial charge in [0.15, 0.2) is 0 Å². The summed E-state index contributed by atoms with van der Waals surface area (Å²) < 4.78 is 5.82. The average Bonchev–Trinajstić information content (AvgIpc) is 3.02. The third-order valence-corrected chi connectivity index (χ3v) is 5.71. The number of unbranched alkanes of at least 4 members (excludes halogenated alkanes) is 1. The molecule has 1 saturated heterocycles. The van der Waals surface area contributed by atoms with Gasteiger partial charge < -0.3 is 15.2 Å². The van der Waals surface area contributed by atoms with Gasteiger partial charge in [-0.15, -0.1) is 0 Å². The topological polar surface area (TPSA) is 78.9 Å². The Morgan fingerprint density at radius 3 is 2.42 bits per heavy atom. The number of nitrogens with zero attached hydrogens (tertiary/aromatic N) is 1. The van der Waals surface area contributed by atoms with Crippen molar-refractivity contribution in [1.82, 2.24) is 10.2 Å². The van der Waals surface area contributed by atoms with Crippen LogP contribution in [0.3, 0.4) is 0 Å². The minimum Gasteiger partial charge on any atom is -0.491 e. The number of ether oxygens (including phenoxy) is 1. The van der Waals surface area contributed by atoms with Crippen molar-refractivity contribution in [2.75, 3.05) is 13.2 Å². The molecule has 0 aromatic heterocycles. The number of rotatable bonds is 10. The number of carbonyl (C=O) groups is 2. The van der Waals surface area contributed by atoms with Crippen LogP contribution in [0.4, 0.5) is 4.79 Å². The van der Waals surface area contributed by atoms with E-state index in [-0.39, 0.29) is 25.0 Å². The number of nitrogens with one attached hydrogen (secondary N) is 1. The van der Waals surface area contributed by atoms with Crippen LogP contribution in [0.5, 0.6) is 5.75 Å². The molecule has 31 heavy (non-hydrogen) atoms. The van der Waals surface area contributed by atoms with E-state index in [1.807, 2.05) is 61.5 Å². The van der Waals surface area contributed by atoms with Crippen molar-refractivity contribution in [3.63, 3.8) is 0 Å². The molecule has 2 N–H and O–H groups in total. The molecule has 2 unspecified atom stereocenters. The van der Waals surface area contributed by atoms with Gasteiger partial charge in [0.1, 0.15) is 24.0 Å². The van der Waals surface area contributed by atoms with Gasteiger partial charge in [-0.05, 0) is 29.5 Å². The summed E-state index contributed by atoms with van der Waals surface area (Å²) in [6.07, 6.45) is 1.23. The van der Waals surface area contributed by atoms with Gasteiger partial charge >= 0.3 is 6.03 Å². The summed E-state index contributed by atoms with van der Waals surface area (Å²) in [5.74, 6) is 0.665. The van der Waals surface area contributed by atoms with E-state index in [9.17, 15) is 14.7 Å². The summed E-state index contributed by atoms with van der Waals surface area (Å²) in [4.78, 5) is 27.2. The van der Waals surface area contributed by atoms with E-state index in [4.69, 9.17) is 4.74 Å². The Balaban J connectivity index is 1.72. The van der Waals surface area contributed by atoms with Gasteiger partial charge in [-0.3, -0.25) is 9.69 Å². The predicted molar refractivity (Wildman–Crippen MR) is 120 cm³/mol. The molecule has 2 aromatic carbocycles. The molecule has 1 heterocycles. The number of hydrogen-bond acceptors (Lipinski definition) is 4. The highest BCUT2D eigenvalue weighted by Crippen LogP contribution is 2.34. The summed E-state index contributed by atoms with van der Waals surface area (Å²) >= 11 is 0. The van der Waals surface area contributed by atoms with Gasteiger partial charge in [-0.1, -0.05) is 82.1 Å². The molecule has 2 atom stereocenters.